The number of carbonyl (C=O) groups is 1. The number of carbonyl (C=O) groups excluding carboxylic acids is 1. The summed E-state index contributed by atoms with van der Waals surface area (Å²) < 4.78 is 0. The van der Waals surface area contributed by atoms with Crippen molar-refractivity contribution >= 4 is 5.91 Å². The van der Waals surface area contributed by atoms with Crippen molar-refractivity contribution < 1.29 is 15.0 Å². The molecule has 2 rings (SSSR count). The molecule has 0 unspecified atom stereocenters. The number of amides is 1. The van der Waals surface area contributed by atoms with Crippen molar-refractivity contribution in [1.29, 1.82) is 0 Å². The van der Waals surface area contributed by atoms with Gasteiger partial charge in [-0.25, -0.2) is 0 Å². The number of phenols is 1. The highest BCUT2D eigenvalue weighted by atomic mass is 16.3. The van der Waals surface area contributed by atoms with Crippen LogP contribution in [0.3, 0.4) is 0 Å². The van der Waals surface area contributed by atoms with Crippen LogP contribution in [-0.2, 0) is 0 Å². The first-order valence-corrected chi connectivity index (χ1v) is 6.57. The lowest BCUT2D eigenvalue weighted by Gasteiger charge is -2.31. The monoisotopic (exact) mass is 264 g/mol. The topological polar surface area (TPSA) is 86.8 Å². The molecule has 104 valence electrons. The molecular formula is C14H20N2O3. The van der Waals surface area contributed by atoms with E-state index in [0.29, 0.717) is 5.92 Å². The lowest BCUT2D eigenvalue weighted by Crippen LogP contribution is -2.35. The van der Waals surface area contributed by atoms with E-state index in [0.717, 1.165) is 38.0 Å². The quantitative estimate of drug-likeness (QED) is 0.745. The average Bonchev–Trinajstić information content (AvgIpc) is 2.40. The van der Waals surface area contributed by atoms with Gasteiger partial charge >= 0.3 is 0 Å². The molecule has 1 aromatic carbocycles. The molecular weight excluding hydrogens is 244 g/mol. The second-order valence-corrected chi connectivity index (χ2v) is 4.98. The van der Waals surface area contributed by atoms with Gasteiger partial charge in [-0.2, -0.15) is 0 Å². The second kappa shape index (κ2) is 6.04. The summed E-state index contributed by atoms with van der Waals surface area (Å²) in [6.07, 6.45) is 1.98. The first kappa shape index (κ1) is 13.8. The fourth-order valence-electron chi connectivity index (χ4n) is 2.64. The van der Waals surface area contributed by atoms with Gasteiger partial charge in [-0.1, -0.05) is 6.07 Å². The van der Waals surface area contributed by atoms with E-state index in [9.17, 15) is 9.90 Å². The molecule has 1 aliphatic rings. The first-order valence-electron chi connectivity index (χ1n) is 6.57. The fourth-order valence-corrected chi connectivity index (χ4v) is 2.64. The van der Waals surface area contributed by atoms with Gasteiger partial charge in [0.2, 0.25) is 0 Å². The normalized spacial score (nSPS) is 17.5. The Morgan fingerprint density at radius 2 is 2.05 bits per heavy atom. The first-order chi connectivity index (χ1) is 9.11. The third-order valence-electron chi connectivity index (χ3n) is 3.76. The van der Waals surface area contributed by atoms with E-state index < -0.39 is 5.91 Å². The zero-order chi connectivity index (χ0) is 13.8. The molecule has 1 amide bonds. The van der Waals surface area contributed by atoms with Crippen molar-refractivity contribution in [2.45, 2.75) is 18.8 Å². The van der Waals surface area contributed by atoms with Gasteiger partial charge < -0.3 is 20.8 Å². The summed E-state index contributed by atoms with van der Waals surface area (Å²) in [7, 11) is 0. The van der Waals surface area contributed by atoms with Gasteiger partial charge in [-0.3, -0.25) is 4.79 Å². The number of β-amino-alcohol motifs (C(OH)–C–C–N with tert-alkyl or cyclic N) is 1. The molecule has 1 aliphatic heterocycles. The minimum Gasteiger partial charge on any atom is -0.507 e. The Balaban J connectivity index is 2.07. The van der Waals surface area contributed by atoms with Gasteiger partial charge in [-0.15, -0.1) is 0 Å². The predicted octanol–water partition coefficient (Wildman–Crippen LogP) is 0.663. The Morgan fingerprint density at radius 1 is 1.37 bits per heavy atom. The molecule has 0 bridgehead atoms. The molecule has 0 aromatic heterocycles. The van der Waals surface area contributed by atoms with Crippen molar-refractivity contribution in [2.24, 2.45) is 5.73 Å². The SMILES string of the molecule is NC(=O)c1cc(C2CCN(CCO)CC2)ccc1O. The zero-order valence-corrected chi connectivity index (χ0v) is 10.9. The van der Waals surface area contributed by atoms with Crippen molar-refractivity contribution in [3.05, 3.63) is 29.3 Å². The standard InChI is InChI=1S/C14H20N2O3/c15-14(19)12-9-11(1-2-13(12)18)10-3-5-16(6-4-10)7-8-17/h1-2,9-10,17-18H,3-8H2,(H2,15,19). The van der Waals surface area contributed by atoms with Gasteiger partial charge in [0.05, 0.1) is 12.2 Å². The van der Waals surface area contributed by atoms with Crippen molar-refractivity contribution in [3.63, 3.8) is 0 Å². The summed E-state index contributed by atoms with van der Waals surface area (Å²) in [5.74, 6) is -0.278. The van der Waals surface area contributed by atoms with Gasteiger partial charge in [-0.05, 0) is 49.5 Å². The summed E-state index contributed by atoms with van der Waals surface area (Å²) in [5, 5.41) is 18.5. The number of aliphatic hydroxyl groups excluding tert-OH is 1. The number of nitrogens with two attached hydrogens (primary N) is 1. The van der Waals surface area contributed by atoms with E-state index in [1.165, 1.54) is 6.07 Å². The molecule has 4 N–H and O–H groups in total. The lowest BCUT2D eigenvalue weighted by molar-refractivity contribution is 0.0997. The minimum atomic E-state index is -0.600. The van der Waals surface area contributed by atoms with Crippen molar-refractivity contribution in [3.8, 4) is 5.75 Å². The van der Waals surface area contributed by atoms with Gasteiger partial charge in [0.25, 0.3) is 5.91 Å². The highest BCUT2D eigenvalue weighted by Gasteiger charge is 2.21. The summed E-state index contributed by atoms with van der Waals surface area (Å²) >= 11 is 0. The zero-order valence-electron chi connectivity index (χ0n) is 10.9. The maximum atomic E-state index is 11.2. The summed E-state index contributed by atoms with van der Waals surface area (Å²) in [5.41, 5.74) is 6.48. The maximum Gasteiger partial charge on any atom is 0.252 e. The van der Waals surface area contributed by atoms with Crippen molar-refractivity contribution in [2.75, 3.05) is 26.2 Å². The maximum absolute atomic E-state index is 11.2. The highest BCUT2D eigenvalue weighted by molar-refractivity contribution is 5.95. The molecule has 0 atom stereocenters. The Bertz CT molecular complexity index is 454. The number of hydrogen-bond acceptors (Lipinski definition) is 4. The number of benzene rings is 1. The van der Waals surface area contributed by atoms with Crippen LogP contribution >= 0.6 is 0 Å². The molecule has 1 fully saturated rings. The molecule has 5 nitrogen and oxygen atoms in total. The van der Waals surface area contributed by atoms with E-state index in [1.807, 2.05) is 6.07 Å². The number of nitrogens with zero attached hydrogens (tertiary/aromatic N) is 1. The lowest BCUT2D eigenvalue weighted by atomic mass is 9.88. The number of aromatic hydroxyl groups is 1. The smallest absolute Gasteiger partial charge is 0.252 e. The van der Waals surface area contributed by atoms with Crippen LogP contribution in [0, 0.1) is 0 Å². The second-order valence-electron chi connectivity index (χ2n) is 4.98. The minimum absolute atomic E-state index is 0.0611. The summed E-state index contributed by atoms with van der Waals surface area (Å²) in [6.45, 7) is 2.79. The van der Waals surface area contributed by atoms with E-state index in [2.05, 4.69) is 4.90 Å². The van der Waals surface area contributed by atoms with Gasteiger partial charge in [0, 0.05) is 6.54 Å². The molecule has 0 spiro atoms. The molecule has 1 saturated heterocycles. The van der Waals surface area contributed by atoms with Crippen molar-refractivity contribution in [1.82, 2.24) is 4.90 Å². The van der Waals surface area contributed by atoms with Gasteiger partial charge in [0.1, 0.15) is 5.75 Å². The van der Waals surface area contributed by atoms with E-state index in [1.54, 1.807) is 6.07 Å². The predicted molar refractivity (Wildman–Crippen MR) is 72.1 cm³/mol. The number of primary amides is 1. The van der Waals surface area contributed by atoms with E-state index in [4.69, 9.17) is 10.8 Å². The van der Waals surface area contributed by atoms with Crippen LogP contribution in [0.2, 0.25) is 0 Å². The van der Waals surface area contributed by atoms with E-state index in [-0.39, 0.29) is 17.9 Å². The van der Waals surface area contributed by atoms with Crippen LogP contribution < -0.4 is 5.73 Å². The Kier molecular flexibility index (Phi) is 4.39. The number of piperidine rings is 1. The third-order valence-corrected chi connectivity index (χ3v) is 3.76. The fraction of sp³-hybridized carbons (Fsp3) is 0.500. The highest BCUT2D eigenvalue weighted by Crippen LogP contribution is 2.30. The molecule has 0 saturated carbocycles. The average molecular weight is 264 g/mol. The Labute approximate surface area is 112 Å². The molecule has 1 heterocycles. The van der Waals surface area contributed by atoms with E-state index >= 15 is 0 Å². The molecule has 19 heavy (non-hydrogen) atoms. The van der Waals surface area contributed by atoms with Crippen LogP contribution in [-0.4, -0.2) is 47.3 Å². The van der Waals surface area contributed by atoms with Crippen LogP contribution in [0.1, 0.15) is 34.7 Å². The van der Waals surface area contributed by atoms with Gasteiger partial charge in [0.15, 0.2) is 0 Å². The summed E-state index contributed by atoms with van der Waals surface area (Å²) in [6, 6.07) is 5.09. The van der Waals surface area contributed by atoms with Crippen LogP contribution in [0.15, 0.2) is 18.2 Å². The number of likely N-dealkylation sites (tertiary alicyclic amines) is 1. The third kappa shape index (κ3) is 3.24. The Hall–Kier alpha value is -1.59. The summed E-state index contributed by atoms with van der Waals surface area (Å²) in [4.78, 5) is 13.4. The molecule has 1 aromatic rings. The Morgan fingerprint density at radius 3 is 2.63 bits per heavy atom. The van der Waals surface area contributed by atoms with Crippen LogP contribution in [0.5, 0.6) is 5.75 Å². The van der Waals surface area contributed by atoms with Crippen LogP contribution in [0.25, 0.3) is 0 Å². The number of rotatable bonds is 4. The number of hydrogen-bond donors (Lipinski definition) is 3. The van der Waals surface area contributed by atoms with Crippen LogP contribution in [0.4, 0.5) is 0 Å². The molecule has 5 heteroatoms. The number of aliphatic hydroxyl groups is 1. The largest absolute Gasteiger partial charge is 0.507 e. The molecule has 0 radical (unpaired) electrons. The molecule has 0 aliphatic carbocycles.